The fourth-order valence-electron chi connectivity index (χ4n) is 2.18. The van der Waals surface area contributed by atoms with Gasteiger partial charge in [-0.2, -0.15) is 0 Å². The highest BCUT2D eigenvalue weighted by molar-refractivity contribution is 6.02. The van der Waals surface area contributed by atoms with E-state index in [9.17, 15) is 9.59 Å². The maximum absolute atomic E-state index is 12.1. The lowest BCUT2D eigenvalue weighted by Crippen LogP contribution is -2.17. The molecule has 0 unspecified atom stereocenters. The van der Waals surface area contributed by atoms with Gasteiger partial charge in [-0.15, -0.1) is 0 Å². The van der Waals surface area contributed by atoms with Crippen LogP contribution in [0, 0.1) is 0 Å². The molecule has 2 N–H and O–H groups in total. The molecule has 0 spiro atoms. The van der Waals surface area contributed by atoms with Crippen molar-refractivity contribution in [1.29, 1.82) is 0 Å². The lowest BCUT2D eigenvalue weighted by Gasteiger charge is -2.19. The van der Waals surface area contributed by atoms with Crippen molar-refractivity contribution >= 4 is 23.4 Å². The van der Waals surface area contributed by atoms with E-state index in [0.29, 0.717) is 22.7 Å². The van der Waals surface area contributed by atoms with Crippen LogP contribution in [0.25, 0.3) is 0 Å². The second kappa shape index (κ2) is 7.87. The van der Waals surface area contributed by atoms with E-state index >= 15 is 0 Å². The highest BCUT2D eigenvalue weighted by atomic mass is 16.6. The van der Waals surface area contributed by atoms with Gasteiger partial charge >= 0.3 is 6.09 Å². The summed E-state index contributed by atoms with van der Waals surface area (Å²) < 4.78 is 5.27. The summed E-state index contributed by atoms with van der Waals surface area (Å²) in [7, 11) is 0. The molecule has 0 aromatic heterocycles. The molecule has 5 heteroatoms. The molecule has 2 rings (SSSR count). The molecule has 2 aromatic carbocycles. The summed E-state index contributed by atoms with van der Waals surface area (Å²) in [4.78, 5) is 23.7. The summed E-state index contributed by atoms with van der Waals surface area (Å²) in [5, 5.41) is 5.36. The van der Waals surface area contributed by atoms with Gasteiger partial charge in [0.2, 0.25) is 0 Å². The van der Waals surface area contributed by atoms with Crippen LogP contribution in [-0.4, -0.2) is 12.0 Å². The molecule has 0 radical (unpaired) electrons. The van der Waals surface area contributed by atoms with Gasteiger partial charge in [0, 0.05) is 23.0 Å². The number of ether oxygens (including phenoxy) is 1. The largest absolute Gasteiger partial charge is 0.417 e. The lowest BCUT2D eigenvalue weighted by molar-refractivity contribution is -0.112. The van der Waals surface area contributed by atoms with E-state index in [2.05, 4.69) is 38.0 Å². The summed E-state index contributed by atoms with van der Waals surface area (Å²) in [5.74, 6) is 0.0406. The number of hydrogen-bond acceptors (Lipinski definition) is 3. The summed E-state index contributed by atoms with van der Waals surface area (Å²) >= 11 is 0. The Morgan fingerprint density at radius 1 is 0.962 bits per heavy atom. The minimum Gasteiger partial charge on any atom is -0.410 e. The van der Waals surface area contributed by atoms with Crippen LogP contribution in [0.1, 0.15) is 33.3 Å². The standard InChI is InChI=1S/C21H24N2O3/c1-14(2)19(24)22-17-7-6-8-18(13-17)26-20(25)23-16-11-9-15(10-12-16)21(3,4)5/h6-13H,1H2,2-5H3,(H,22,24)(H,23,25). The smallest absolute Gasteiger partial charge is 0.410 e. The number of hydrogen-bond donors (Lipinski definition) is 2. The summed E-state index contributed by atoms with van der Waals surface area (Å²) in [6.45, 7) is 11.6. The second-order valence-corrected chi connectivity index (χ2v) is 7.10. The molecule has 2 amide bonds. The molecule has 0 atom stereocenters. The van der Waals surface area contributed by atoms with Gasteiger partial charge in [0.05, 0.1) is 0 Å². The number of nitrogens with one attached hydrogen (secondary N) is 2. The third-order valence-corrected chi connectivity index (χ3v) is 3.69. The first-order chi connectivity index (χ1) is 12.1. The van der Waals surface area contributed by atoms with Gasteiger partial charge in [0.15, 0.2) is 0 Å². The van der Waals surface area contributed by atoms with Gasteiger partial charge < -0.3 is 10.1 Å². The Kier molecular flexibility index (Phi) is 5.82. The summed E-state index contributed by atoms with van der Waals surface area (Å²) in [6.07, 6.45) is -0.600. The van der Waals surface area contributed by atoms with E-state index in [0.717, 1.165) is 0 Å². The predicted octanol–water partition coefficient (Wildman–Crippen LogP) is 5.11. The first kappa shape index (κ1) is 19.2. The third kappa shape index (κ3) is 5.48. The topological polar surface area (TPSA) is 67.4 Å². The number of carbonyl (C=O) groups is 2. The van der Waals surface area contributed by atoms with Crippen LogP contribution < -0.4 is 15.4 Å². The van der Waals surface area contributed by atoms with Crippen LogP contribution in [0.4, 0.5) is 16.2 Å². The Balaban J connectivity index is 1.99. The number of anilines is 2. The van der Waals surface area contributed by atoms with Gasteiger partial charge in [-0.3, -0.25) is 10.1 Å². The Hall–Kier alpha value is -3.08. The van der Waals surface area contributed by atoms with Gasteiger partial charge in [0.1, 0.15) is 5.75 Å². The minimum absolute atomic E-state index is 0.0493. The van der Waals surface area contributed by atoms with Crippen LogP contribution in [0.2, 0.25) is 0 Å². The lowest BCUT2D eigenvalue weighted by atomic mass is 9.87. The van der Waals surface area contributed by atoms with Crippen LogP contribution in [0.5, 0.6) is 5.75 Å². The molecule has 136 valence electrons. The first-order valence-corrected chi connectivity index (χ1v) is 8.31. The Bertz CT molecular complexity index is 818. The number of carbonyl (C=O) groups excluding carboxylic acids is 2. The zero-order valence-corrected chi connectivity index (χ0v) is 15.6. The first-order valence-electron chi connectivity index (χ1n) is 8.31. The molecule has 0 saturated heterocycles. The fourth-order valence-corrected chi connectivity index (χ4v) is 2.18. The van der Waals surface area contributed by atoms with Crippen LogP contribution >= 0.6 is 0 Å². The van der Waals surface area contributed by atoms with Gasteiger partial charge in [0.25, 0.3) is 5.91 Å². The van der Waals surface area contributed by atoms with E-state index in [4.69, 9.17) is 4.74 Å². The summed E-state index contributed by atoms with van der Waals surface area (Å²) in [5.41, 5.74) is 2.80. The molecule has 0 aliphatic heterocycles. The van der Waals surface area contributed by atoms with E-state index in [1.165, 1.54) is 5.56 Å². The van der Waals surface area contributed by atoms with Crippen LogP contribution in [0.15, 0.2) is 60.7 Å². The van der Waals surface area contributed by atoms with Gasteiger partial charge in [-0.05, 0) is 42.2 Å². The third-order valence-electron chi connectivity index (χ3n) is 3.69. The average Bonchev–Trinajstić information content (AvgIpc) is 2.54. The van der Waals surface area contributed by atoms with Crippen molar-refractivity contribution in [2.24, 2.45) is 0 Å². The highest BCUT2D eigenvalue weighted by Crippen LogP contribution is 2.24. The average molecular weight is 352 g/mol. The number of amides is 2. The summed E-state index contributed by atoms with van der Waals surface area (Å²) in [6, 6.07) is 14.2. The molecule has 0 aliphatic carbocycles. The Morgan fingerprint density at radius 3 is 2.19 bits per heavy atom. The van der Waals surface area contributed by atoms with Crippen LogP contribution in [0.3, 0.4) is 0 Å². The molecule has 26 heavy (non-hydrogen) atoms. The quantitative estimate of drug-likeness (QED) is 0.751. The zero-order valence-electron chi connectivity index (χ0n) is 15.6. The van der Waals surface area contributed by atoms with Crippen molar-refractivity contribution in [1.82, 2.24) is 0 Å². The maximum Gasteiger partial charge on any atom is 0.417 e. The molecule has 0 fully saturated rings. The monoisotopic (exact) mass is 352 g/mol. The van der Waals surface area contributed by atoms with Crippen LogP contribution in [-0.2, 0) is 10.2 Å². The normalized spacial score (nSPS) is 10.8. The van der Waals surface area contributed by atoms with Gasteiger partial charge in [-0.1, -0.05) is 45.5 Å². The zero-order chi connectivity index (χ0) is 19.3. The minimum atomic E-state index is -0.600. The molecular formula is C21H24N2O3. The van der Waals surface area contributed by atoms with Crippen molar-refractivity contribution in [3.05, 3.63) is 66.2 Å². The van der Waals surface area contributed by atoms with E-state index < -0.39 is 6.09 Å². The van der Waals surface area contributed by atoms with E-state index in [1.54, 1.807) is 31.2 Å². The molecule has 0 saturated carbocycles. The van der Waals surface area contributed by atoms with Crippen molar-refractivity contribution in [2.75, 3.05) is 10.6 Å². The van der Waals surface area contributed by atoms with Crippen molar-refractivity contribution < 1.29 is 14.3 Å². The molecule has 5 nitrogen and oxygen atoms in total. The Morgan fingerprint density at radius 2 is 1.62 bits per heavy atom. The molecule has 0 aliphatic rings. The highest BCUT2D eigenvalue weighted by Gasteiger charge is 2.13. The Labute approximate surface area is 154 Å². The van der Waals surface area contributed by atoms with Crippen molar-refractivity contribution in [3.63, 3.8) is 0 Å². The second-order valence-electron chi connectivity index (χ2n) is 7.10. The molecule has 2 aromatic rings. The molecule has 0 bridgehead atoms. The fraction of sp³-hybridized carbons (Fsp3) is 0.238. The van der Waals surface area contributed by atoms with Crippen molar-refractivity contribution in [3.8, 4) is 5.75 Å². The number of rotatable bonds is 4. The maximum atomic E-state index is 12.1. The van der Waals surface area contributed by atoms with Gasteiger partial charge in [-0.25, -0.2) is 4.79 Å². The predicted molar refractivity (Wildman–Crippen MR) is 105 cm³/mol. The molecule has 0 heterocycles. The van der Waals surface area contributed by atoms with E-state index in [-0.39, 0.29) is 11.3 Å². The van der Waals surface area contributed by atoms with Crippen molar-refractivity contribution in [2.45, 2.75) is 33.1 Å². The van der Waals surface area contributed by atoms with E-state index in [1.807, 2.05) is 24.3 Å². The number of benzene rings is 2. The SMILES string of the molecule is C=C(C)C(=O)Nc1cccc(OC(=O)Nc2ccc(C(C)(C)C)cc2)c1. The molecular weight excluding hydrogens is 328 g/mol.